The number of carbonyl (C=O) groups is 1. The van der Waals surface area contributed by atoms with Gasteiger partial charge >= 0.3 is 0 Å². The van der Waals surface area contributed by atoms with Crippen molar-refractivity contribution in [2.75, 3.05) is 7.11 Å². The van der Waals surface area contributed by atoms with E-state index in [0.29, 0.717) is 0 Å². The smallest absolute Gasteiger partial charge is 0.300 e. The van der Waals surface area contributed by atoms with E-state index in [1.807, 2.05) is 24.3 Å². The average Bonchev–Trinajstić information content (AvgIpc) is 2.28. The Kier molecular flexibility index (Phi) is 4.34. The minimum absolute atomic E-state index is 0.288. The van der Waals surface area contributed by atoms with Crippen LogP contribution < -0.4 is 4.74 Å². The highest BCUT2D eigenvalue weighted by Gasteiger charge is 2.02. The Bertz CT molecular complexity index is 516. The van der Waals surface area contributed by atoms with Gasteiger partial charge in [0, 0.05) is 17.7 Å². The summed E-state index contributed by atoms with van der Waals surface area (Å²) in [5, 5.41) is 18.7. The van der Waals surface area contributed by atoms with E-state index in [2.05, 4.69) is 0 Å². The van der Waals surface area contributed by atoms with Gasteiger partial charge in [0.15, 0.2) is 0 Å². The number of methoxy groups -OCH3 is 1. The van der Waals surface area contributed by atoms with Crippen molar-refractivity contribution in [1.82, 2.24) is 0 Å². The maximum atomic E-state index is 9.54. The van der Waals surface area contributed by atoms with Gasteiger partial charge in [-0.25, -0.2) is 0 Å². The van der Waals surface area contributed by atoms with Crippen molar-refractivity contribution >= 4 is 16.7 Å². The number of fused-ring (bicyclic) bond motifs is 1. The van der Waals surface area contributed by atoms with Crippen molar-refractivity contribution in [3.63, 3.8) is 0 Å². The second-order valence-corrected chi connectivity index (χ2v) is 3.35. The first-order valence-electron chi connectivity index (χ1n) is 5.00. The molecule has 0 unspecified atom stereocenters. The lowest BCUT2D eigenvalue weighted by Crippen LogP contribution is -1.83. The fourth-order valence-corrected chi connectivity index (χ4v) is 1.44. The molecule has 0 aliphatic carbocycles. The SMILES string of the molecule is CC(=O)O.COc1cccc2c(O)cccc12. The lowest BCUT2D eigenvalue weighted by molar-refractivity contribution is -0.134. The van der Waals surface area contributed by atoms with Crippen molar-refractivity contribution in [3.8, 4) is 11.5 Å². The van der Waals surface area contributed by atoms with Crippen LogP contribution in [0.2, 0.25) is 0 Å². The maximum Gasteiger partial charge on any atom is 0.300 e. The number of carboxylic acids is 1. The molecule has 4 nitrogen and oxygen atoms in total. The van der Waals surface area contributed by atoms with Gasteiger partial charge in [0.1, 0.15) is 11.5 Å². The van der Waals surface area contributed by atoms with E-state index in [4.69, 9.17) is 14.6 Å². The number of ether oxygens (including phenoxy) is 1. The highest BCUT2D eigenvalue weighted by atomic mass is 16.5. The van der Waals surface area contributed by atoms with Crippen LogP contribution in [-0.2, 0) is 4.79 Å². The number of carboxylic acid groups (broad SMARTS) is 1. The van der Waals surface area contributed by atoms with Crippen LogP contribution in [0, 0.1) is 0 Å². The summed E-state index contributed by atoms with van der Waals surface area (Å²) >= 11 is 0. The molecule has 90 valence electrons. The molecule has 17 heavy (non-hydrogen) atoms. The van der Waals surface area contributed by atoms with E-state index in [-0.39, 0.29) is 5.75 Å². The van der Waals surface area contributed by atoms with Crippen LogP contribution in [0.25, 0.3) is 10.8 Å². The third kappa shape index (κ3) is 3.38. The van der Waals surface area contributed by atoms with Gasteiger partial charge < -0.3 is 14.9 Å². The maximum absolute atomic E-state index is 9.54. The first kappa shape index (κ1) is 12.8. The van der Waals surface area contributed by atoms with Gasteiger partial charge in [0.05, 0.1) is 7.11 Å². The van der Waals surface area contributed by atoms with E-state index in [1.54, 1.807) is 19.2 Å². The summed E-state index contributed by atoms with van der Waals surface area (Å²) < 4.78 is 5.17. The van der Waals surface area contributed by atoms with Crippen LogP contribution in [0.15, 0.2) is 36.4 Å². The molecule has 0 aliphatic rings. The van der Waals surface area contributed by atoms with Crippen LogP contribution in [-0.4, -0.2) is 23.3 Å². The molecule has 0 heterocycles. The third-order valence-corrected chi connectivity index (χ3v) is 2.08. The van der Waals surface area contributed by atoms with E-state index in [0.717, 1.165) is 23.4 Å². The lowest BCUT2D eigenvalue weighted by atomic mass is 10.1. The Morgan fingerprint density at radius 3 is 2.24 bits per heavy atom. The lowest BCUT2D eigenvalue weighted by Gasteiger charge is -2.05. The van der Waals surface area contributed by atoms with Gasteiger partial charge in [0.25, 0.3) is 5.97 Å². The number of aliphatic carboxylic acids is 1. The number of aromatic hydroxyl groups is 1. The zero-order valence-electron chi connectivity index (χ0n) is 9.68. The van der Waals surface area contributed by atoms with Crippen molar-refractivity contribution in [2.45, 2.75) is 6.92 Å². The molecule has 0 bridgehead atoms. The Balaban J connectivity index is 0.000000317. The number of phenolic OH excluding ortho intramolecular Hbond substituents is 1. The first-order valence-corrected chi connectivity index (χ1v) is 5.00. The van der Waals surface area contributed by atoms with Crippen LogP contribution in [0.4, 0.5) is 0 Å². The molecular weight excluding hydrogens is 220 g/mol. The zero-order valence-corrected chi connectivity index (χ0v) is 9.68. The molecule has 0 fully saturated rings. The fourth-order valence-electron chi connectivity index (χ4n) is 1.44. The summed E-state index contributed by atoms with van der Waals surface area (Å²) in [5.74, 6) is 0.241. The highest BCUT2D eigenvalue weighted by molar-refractivity contribution is 5.92. The Morgan fingerprint density at radius 2 is 1.65 bits per heavy atom. The molecular formula is C13H14O4. The fraction of sp³-hybridized carbons (Fsp3) is 0.154. The summed E-state index contributed by atoms with van der Waals surface area (Å²) in [5.41, 5.74) is 0. The van der Waals surface area contributed by atoms with Gasteiger partial charge in [0.2, 0.25) is 0 Å². The summed E-state index contributed by atoms with van der Waals surface area (Å²) in [6.45, 7) is 1.08. The quantitative estimate of drug-likeness (QED) is 0.796. The van der Waals surface area contributed by atoms with Crippen molar-refractivity contribution in [1.29, 1.82) is 0 Å². The molecule has 2 aromatic carbocycles. The van der Waals surface area contributed by atoms with Gasteiger partial charge in [-0.15, -0.1) is 0 Å². The highest BCUT2D eigenvalue weighted by Crippen LogP contribution is 2.30. The Labute approximate surface area is 99.1 Å². The van der Waals surface area contributed by atoms with E-state index < -0.39 is 5.97 Å². The minimum atomic E-state index is -0.833. The monoisotopic (exact) mass is 234 g/mol. The molecule has 0 spiro atoms. The van der Waals surface area contributed by atoms with Gasteiger partial charge in [-0.1, -0.05) is 24.3 Å². The predicted octanol–water partition coefficient (Wildman–Crippen LogP) is 2.64. The van der Waals surface area contributed by atoms with Crippen molar-refractivity contribution < 1.29 is 19.7 Å². The van der Waals surface area contributed by atoms with Crippen molar-refractivity contribution in [2.24, 2.45) is 0 Å². The predicted molar refractivity (Wildman–Crippen MR) is 65.5 cm³/mol. The largest absolute Gasteiger partial charge is 0.507 e. The third-order valence-electron chi connectivity index (χ3n) is 2.08. The van der Waals surface area contributed by atoms with E-state index in [1.165, 1.54) is 0 Å². The average molecular weight is 234 g/mol. The molecule has 0 amide bonds. The molecule has 0 radical (unpaired) electrons. The molecule has 0 aromatic heterocycles. The molecule has 0 aliphatic heterocycles. The van der Waals surface area contributed by atoms with Crippen LogP contribution in [0.5, 0.6) is 11.5 Å². The van der Waals surface area contributed by atoms with Crippen LogP contribution in [0.3, 0.4) is 0 Å². The van der Waals surface area contributed by atoms with Gasteiger partial charge in [-0.2, -0.15) is 0 Å². The normalized spacial score (nSPS) is 9.29. The Hall–Kier alpha value is -2.23. The van der Waals surface area contributed by atoms with Crippen LogP contribution in [0.1, 0.15) is 6.92 Å². The Morgan fingerprint density at radius 1 is 1.12 bits per heavy atom. The summed E-state index contributed by atoms with van der Waals surface area (Å²) in [7, 11) is 1.62. The molecule has 2 rings (SSSR count). The van der Waals surface area contributed by atoms with Gasteiger partial charge in [-0.3, -0.25) is 4.79 Å². The molecule has 0 saturated heterocycles. The number of benzene rings is 2. The second-order valence-electron chi connectivity index (χ2n) is 3.35. The molecule has 4 heteroatoms. The number of hydrogen-bond donors (Lipinski definition) is 2. The molecule has 0 atom stereocenters. The second kappa shape index (κ2) is 5.75. The minimum Gasteiger partial charge on any atom is -0.507 e. The topological polar surface area (TPSA) is 66.8 Å². The zero-order chi connectivity index (χ0) is 12.8. The van der Waals surface area contributed by atoms with E-state index >= 15 is 0 Å². The summed E-state index contributed by atoms with van der Waals surface area (Å²) in [6.07, 6.45) is 0. The number of rotatable bonds is 1. The van der Waals surface area contributed by atoms with Crippen LogP contribution >= 0.6 is 0 Å². The summed E-state index contributed by atoms with van der Waals surface area (Å²) in [6, 6.07) is 11.0. The summed E-state index contributed by atoms with van der Waals surface area (Å²) in [4.78, 5) is 9.00. The van der Waals surface area contributed by atoms with Crippen molar-refractivity contribution in [3.05, 3.63) is 36.4 Å². The molecule has 2 N–H and O–H groups in total. The van der Waals surface area contributed by atoms with Gasteiger partial charge in [-0.05, 0) is 12.1 Å². The molecule has 2 aromatic rings. The van der Waals surface area contributed by atoms with E-state index in [9.17, 15) is 5.11 Å². The number of phenols is 1. The number of hydrogen-bond acceptors (Lipinski definition) is 3. The standard InChI is InChI=1S/C11H10O2.C2H4O2/c1-13-11-7-3-4-8-9(11)5-2-6-10(8)12;1-2(3)4/h2-7,12H,1H3;1H3,(H,3,4). The molecule has 0 saturated carbocycles. The first-order chi connectivity index (χ1) is 8.06.